The number of nitrogens with one attached hydrogen (secondary N) is 3. The predicted molar refractivity (Wildman–Crippen MR) is 79.3 cm³/mol. The number of carbonyl (C=O) groups excluding carboxylic acids is 3. The molecule has 6 heteroatoms. The highest BCUT2D eigenvalue weighted by Crippen LogP contribution is 2.06. The Bertz CT molecular complexity index is 529. The molecule has 0 bridgehead atoms. The molecule has 0 spiro atoms. The van der Waals surface area contributed by atoms with Gasteiger partial charge in [0, 0.05) is 12.5 Å². The van der Waals surface area contributed by atoms with E-state index >= 15 is 0 Å². The summed E-state index contributed by atoms with van der Waals surface area (Å²) in [5, 5.41) is 2.55. The van der Waals surface area contributed by atoms with E-state index in [2.05, 4.69) is 16.2 Å². The van der Waals surface area contributed by atoms with Crippen LogP contribution in [0.25, 0.3) is 0 Å². The molecule has 1 aromatic rings. The fraction of sp³-hybridized carbons (Fsp3) is 0.400. The van der Waals surface area contributed by atoms with Gasteiger partial charge in [0.2, 0.25) is 5.91 Å². The summed E-state index contributed by atoms with van der Waals surface area (Å²) in [6, 6.07) is 6.42. The Labute approximate surface area is 124 Å². The predicted octanol–water partition coefficient (Wildman–Crippen LogP) is 1.06. The van der Waals surface area contributed by atoms with Crippen molar-refractivity contribution in [1.29, 1.82) is 0 Å². The molecule has 0 aliphatic heterocycles. The van der Waals surface area contributed by atoms with Gasteiger partial charge < -0.3 is 5.32 Å². The van der Waals surface area contributed by atoms with E-state index in [4.69, 9.17) is 0 Å². The molecule has 1 aromatic carbocycles. The number of hydrazine groups is 1. The van der Waals surface area contributed by atoms with E-state index in [-0.39, 0.29) is 11.8 Å². The summed E-state index contributed by atoms with van der Waals surface area (Å²) < 4.78 is 0. The van der Waals surface area contributed by atoms with E-state index < -0.39 is 11.9 Å². The summed E-state index contributed by atoms with van der Waals surface area (Å²) in [5.74, 6) is -1.11. The molecule has 0 saturated carbocycles. The summed E-state index contributed by atoms with van der Waals surface area (Å²) in [5.41, 5.74) is 6.01. The van der Waals surface area contributed by atoms with Gasteiger partial charge in [0.1, 0.15) is 6.04 Å². The normalized spacial score (nSPS) is 11.4. The summed E-state index contributed by atoms with van der Waals surface area (Å²) in [6.07, 6.45) is 1.25. The lowest BCUT2D eigenvalue weighted by molar-refractivity contribution is -0.128. The molecule has 1 rings (SSSR count). The fourth-order valence-electron chi connectivity index (χ4n) is 1.90. The maximum absolute atomic E-state index is 12.0. The third-order valence-electron chi connectivity index (χ3n) is 2.96. The van der Waals surface area contributed by atoms with E-state index in [1.807, 2.05) is 26.0 Å². The molecule has 0 saturated heterocycles. The zero-order valence-electron chi connectivity index (χ0n) is 12.5. The SMILES string of the molecule is CCCC(NC(C)=O)C(=O)NNC(=O)c1ccccc1C. The third-order valence-corrected chi connectivity index (χ3v) is 2.96. The monoisotopic (exact) mass is 291 g/mol. The topological polar surface area (TPSA) is 87.3 Å². The van der Waals surface area contributed by atoms with Crippen LogP contribution in [0.3, 0.4) is 0 Å². The molecular weight excluding hydrogens is 270 g/mol. The molecule has 0 aliphatic carbocycles. The van der Waals surface area contributed by atoms with Crippen molar-refractivity contribution in [3.8, 4) is 0 Å². The minimum absolute atomic E-state index is 0.283. The first-order valence-corrected chi connectivity index (χ1v) is 6.88. The molecule has 0 fully saturated rings. The zero-order chi connectivity index (χ0) is 15.8. The van der Waals surface area contributed by atoms with Gasteiger partial charge in [-0.15, -0.1) is 0 Å². The van der Waals surface area contributed by atoms with Gasteiger partial charge in [-0.3, -0.25) is 25.2 Å². The number of hydrogen-bond donors (Lipinski definition) is 3. The number of carbonyl (C=O) groups is 3. The molecule has 114 valence electrons. The van der Waals surface area contributed by atoms with Crippen molar-refractivity contribution in [2.24, 2.45) is 0 Å². The Morgan fingerprint density at radius 2 is 1.81 bits per heavy atom. The van der Waals surface area contributed by atoms with Crippen LogP contribution in [0.15, 0.2) is 24.3 Å². The van der Waals surface area contributed by atoms with Crippen molar-refractivity contribution in [3.63, 3.8) is 0 Å². The van der Waals surface area contributed by atoms with E-state index in [0.717, 1.165) is 12.0 Å². The van der Waals surface area contributed by atoms with Gasteiger partial charge in [0.15, 0.2) is 0 Å². The van der Waals surface area contributed by atoms with E-state index in [1.165, 1.54) is 6.92 Å². The molecule has 1 unspecified atom stereocenters. The minimum atomic E-state index is -0.648. The summed E-state index contributed by atoms with van der Waals surface area (Å²) in [4.78, 5) is 35.0. The molecule has 6 nitrogen and oxygen atoms in total. The lowest BCUT2D eigenvalue weighted by Crippen LogP contribution is -2.52. The van der Waals surface area contributed by atoms with Crippen LogP contribution in [0.2, 0.25) is 0 Å². The maximum Gasteiger partial charge on any atom is 0.269 e. The Hall–Kier alpha value is -2.37. The van der Waals surface area contributed by atoms with Crippen LogP contribution >= 0.6 is 0 Å². The highest BCUT2D eigenvalue weighted by atomic mass is 16.2. The maximum atomic E-state index is 12.0. The first kappa shape index (κ1) is 16.7. The molecule has 0 heterocycles. The Kier molecular flexibility index (Phi) is 6.39. The number of rotatable bonds is 5. The molecule has 3 N–H and O–H groups in total. The van der Waals surface area contributed by atoms with Gasteiger partial charge in [-0.25, -0.2) is 0 Å². The first-order valence-electron chi connectivity index (χ1n) is 6.88. The summed E-state index contributed by atoms with van der Waals surface area (Å²) in [7, 11) is 0. The van der Waals surface area contributed by atoms with Crippen molar-refractivity contribution < 1.29 is 14.4 Å². The molecule has 3 amide bonds. The molecule has 21 heavy (non-hydrogen) atoms. The molecule has 0 aromatic heterocycles. The number of benzene rings is 1. The fourth-order valence-corrected chi connectivity index (χ4v) is 1.90. The van der Waals surface area contributed by atoms with Crippen LogP contribution in [0.5, 0.6) is 0 Å². The van der Waals surface area contributed by atoms with Gasteiger partial charge in [-0.2, -0.15) is 0 Å². The van der Waals surface area contributed by atoms with Crippen LogP contribution in [0.1, 0.15) is 42.6 Å². The van der Waals surface area contributed by atoms with E-state index in [1.54, 1.807) is 12.1 Å². The second-order valence-electron chi connectivity index (χ2n) is 4.80. The Morgan fingerprint density at radius 1 is 1.14 bits per heavy atom. The van der Waals surface area contributed by atoms with Gasteiger partial charge in [-0.05, 0) is 25.0 Å². The third kappa shape index (κ3) is 5.25. The molecular formula is C15H21N3O3. The highest BCUT2D eigenvalue weighted by molar-refractivity contribution is 5.97. The summed E-state index contributed by atoms with van der Waals surface area (Å²) in [6.45, 7) is 5.07. The van der Waals surface area contributed by atoms with Crippen LogP contribution in [-0.4, -0.2) is 23.8 Å². The molecule has 0 aliphatic rings. The van der Waals surface area contributed by atoms with Crippen molar-refractivity contribution in [3.05, 3.63) is 35.4 Å². The first-order chi connectivity index (χ1) is 9.95. The Balaban J connectivity index is 2.60. The number of aryl methyl sites for hydroxylation is 1. The zero-order valence-corrected chi connectivity index (χ0v) is 12.5. The van der Waals surface area contributed by atoms with Gasteiger partial charge in [0.25, 0.3) is 11.8 Å². The second-order valence-corrected chi connectivity index (χ2v) is 4.80. The smallest absolute Gasteiger partial charge is 0.269 e. The summed E-state index contributed by atoms with van der Waals surface area (Å²) >= 11 is 0. The van der Waals surface area contributed by atoms with E-state index in [9.17, 15) is 14.4 Å². The van der Waals surface area contributed by atoms with Crippen LogP contribution in [0, 0.1) is 6.92 Å². The van der Waals surface area contributed by atoms with Crippen molar-refractivity contribution in [2.45, 2.75) is 39.7 Å². The van der Waals surface area contributed by atoms with Gasteiger partial charge in [-0.1, -0.05) is 31.5 Å². The second kappa shape index (κ2) is 8.04. The highest BCUT2D eigenvalue weighted by Gasteiger charge is 2.19. The Morgan fingerprint density at radius 3 is 2.38 bits per heavy atom. The van der Waals surface area contributed by atoms with Crippen LogP contribution in [0.4, 0.5) is 0 Å². The number of hydrogen-bond acceptors (Lipinski definition) is 3. The quantitative estimate of drug-likeness (QED) is 0.709. The number of amides is 3. The van der Waals surface area contributed by atoms with Crippen LogP contribution in [-0.2, 0) is 9.59 Å². The van der Waals surface area contributed by atoms with E-state index in [0.29, 0.717) is 12.0 Å². The molecule has 1 atom stereocenters. The average Bonchev–Trinajstić information content (AvgIpc) is 2.44. The van der Waals surface area contributed by atoms with Gasteiger partial charge >= 0.3 is 0 Å². The van der Waals surface area contributed by atoms with Crippen LogP contribution < -0.4 is 16.2 Å². The van der Waals surface area contributed by atoms with Crippen molar-refractivity contribution in [2.75, 3.05) is 0 Å². The largest absolute Gasteiger partial charge is 0.344 e. The standard InChI is InChI=1S/C15H21N3O3/c1-4-7-13(16-11(3)19)15(21)18-17-14(20)12-9-6-5-8-10(12)2/h5-6,8-9,13H,4,7H2,1-3H3,(H,16,19)(H,17,20)(H,18,21). The van der Waals surface area contributed by atoms with Crippen molar-refractivity contribution in [1.82, 2.24) is 16.2 Å². The van der Waals surface area contributed by atoms with Crippen molar-refractivity contribution >= 4 is 17.7 Å². The van der Waals surface area contributed by atoms with Gasteiger partial charge in [0.05, 0.1) is 0 Å². The lowest BCUT2D eigenvalue weighted by atomic mass is 10.1. The minimum Gasteiger partial charge on any atom is -0.344 e. The average molecular weight is 291 g/mol. The molecule has 0 radical (unpaired) electrons. The lowest BCUT2D eigenvalue weighted by Gasteiger charge is -2.17.